The summed E-state index contributed by atoms with van der Waals surface area (Å²) in [5.41, 5.74) is -7.07. The number of esters is 4. The van der Waals surface area contributed by atoms with Gasteiger partial charge in [0, 0.05) is 62.2 Å². The summed E-state index contributed by atoms with van der Waals surface area (Å²) < 4.78 is 36.6. The highest BCUT2D eigenvalue weighted by atomic mass is 16.8. The van der Waals surface area contributed by atoms with E-state index in [0.717, 1.165) is 0 Å². The molecule has 0 aromatic carbocycles. The van der Waals surface area contributed by atoms with Crippen molar-refractivity contribution >= 4 is 23.9 Å². The first-order valence-electron chi connectivity index (χ1n) is 16.9. The predicted molar refractivity (Wildman–Crippen MR) is 155 cm³/mol. The highest BCUT2D eigenvalue weighted by Crippen LogP contribution is 2.81. The molecule has 0 radical (unpaired) electrons. The van der Waals surface area contributed by atoms with Crippen LogP contribution in [0.15, 0.2) is 0 Å². The standard InChI is InChI=1S/C34H46O13/c1-12-21-23(31(7)32(8,40)28(39)47-34(31)27(12)46-34)25(44-15(4)37)22-20-16(9-19(29(21,22)5)43-14(3)36)30(6)26(38)24-18(45-24)11-33(30,41)10-17(20)42-13(2)35/h12,16-27,38,40-41H,9-11H2,1-8H3/t12-,16?,17-,18-,19-,20?,21-,22+,23-,24-,25+,26-,27+,29+,30-,31-,32+,33+,34-/m0/s1. The maximum absolute atomic E-state index is 13.4. The van der Waals surface area contributed by atoms with Crippen LogP contribution in [0.5, 0.6) is 0 Å². The largest absolute Gasteiger partial charge is 0.462 e. The minimum absolute atomic E-state index is 0.0165. The van der Waals surface area contributed by atoms with Gasteiger partial charge in [-0.3, -0.25) is 14.4 Å². The number of rotatable bonds is 3. The second-order valence-electron chi connectivity index (χ2n) is 16.7. The van der Waals surface area contributed by atoms with E-state index in [9.17, 15) is 34.5 Å². The van der Waals surface area contributed by atoms with Crippen LogP contribution in [0.4, 0.5) is 0 Å². The molecule has 5 saturated carbocycles. The minimum atomic E-state index is -2.03. The van der Waals surface area contributed by atoms with E-state index in [1.54, 1.807) is 6.92 Å². The molecule has 47 heavy (non-hydrogen) atoms. The van der Waals surface area contributed by atoms with Gasteiger partial charge < -0.3 is 43.7 Å². The molecular formula is C34H46O13. The molecule has 0 amide bonds. The number of carbonyl (C=O) groups excluding carboxylic acids is 4. The molecule has 13 heteroatoms. The van der Waals surface area contributed by atoms with E-state index in [4.69, 9.17) is 28.4 Å². The van der Waals surface area contributed by atoms with Crippen molar-refractivity contribution in [3.8, 4) is 0 Å². The van der Waals surface area contributed by atoms with Crippen LogP contribution >= 0.6 is 0 Å². The first-order valence-corrected chi connectivity index (χ1v) is 16.9. The summed E-state index contributed by atoms with van der Waals surface area (Å²) in [4.78, 5) is 52.1. The third kappa shape index (κ3) is 3.43. The lowest BCUT2D eigenvalue weighted by Gasteiger charge is -2.66. The monoisotopic (exact) mass is 662 g/mol. The van der Waals surface area contributed by atoms with E-state index in [2.05, 4.69) is 0 Å². The molecule has 0 aromatic rings. The highest BCUT2D eigenvalue weighted by Gasteiger charge is 2.93. The maximum Gasteiger partial charge on any atom is 0.341 e. The fourth-order valence-corrected chi connectivity index (χ4v) is 13.0. The normalized spacial score (nSPS) is 60.6. The number of carbonyl (C=O) groups is 4. The molecule has 3 heterocycles. The summed E-state index contributed by atoms with van der Waals surface area (Å²) in [6.07, 6.45) is -4.62. The topological polar surface area (TPSA) is 191 Å². The van der Waals surface area contributed by atoms with Crippen molar-refractivity contribution in [3.63, 3.8) is 0 Å². The summed E-state index contributed by atoms with van der Waals surface area (Å²) in [7, 11) is 0. The molecule has 8 rings (SSSR count). The lowest BCUT2D eigenvalue weighted by Crippen LogP contribution is -2.73. The van der Waals surface area contributed by atoms with Crippen molar-refractivity contribution in [3.05, 3.63) is 0 Å². The average Bonchev–Trinajstić information content (AvgIpc) is 3.85. The molecule has 1 spiro atoms. The zero-order valence-corrected chi connectivity index (χ0v) is 28.1. The van der Waals surface area contributed by atoms with Gasteiger partial charge in [0.15, 0.2) is 5.60 Å². The zero-order valence-electron chi connectivity index (χ0n) is 28.1. The van der Waals surface area contributed by atoms with E-state index in [-0.39, 0.29) is 31.3 Å². The van der Waals surface area contributed by atoms with Crippen molar-refractivity contribution < 1.29 is 62.9 Å². The van der Waals surface area contributed by atoms with Crippen LogP contribution in [0, 0.1) is 51.8 Å². The van der Waals surface area contributed by atoms with Crippen LogP contribution < -0.4 is 0 Å². The van der Waals surface area contributed by atoms with Gasteiger partial charge in [-0.2, -0.15) is 0 Å². The Labute approximate surface area is 272 Å². The Balaban J connectivity index is 1.38. The van der Waals surface area contributed by atoms with Crippen LogP contribution in [0.25, 0.3) is 0 Å². The quantitative estimate of drug-likeness (QED) is 0.221. The molecule has 260 valence electrons. The van der Waals surface area contributed by atoms with Gasteiger partial charge in [0.1, 0.15) is 30.5 Å². The first-order chi connectivity index (χ1) is 21.7. The van der Waals surface area contributed by atoms with Crippen LogP contribution in [0.2, 0.25) is 0 Å². The molecule has 3 N–H and O–H groups in total. The number of aliphatic hydroxyl groups excluding tert-OH is 1. The van der Waals surface area contributed by atoms with Crippen molar-refractivity contribution in [2.75, 3.05) is 0 Å². The lowest BCUT2D eigenvalue weighted by molar-refractivity contribution is -0.285. The molecule has 2 unspecified atom stereocenters. The molecule has 5 aliphatic carbocycles. The number of aliphatic hydroxyl groups is 3. The molecule has 0 bridgehead atoms. The lowest BCUT2D eigenvalue weighted by atomic mass is 9.41. The van der Waals surface area contributed by atoms with Crippen LogP contribution in [0.3, 0.4) is 0 Å². The number of epoxide rings is 2. The SMILES string of the molecule is CC(=O)O[C@H]1[C@@H]2[C@H]([C@H](C)[C@H]3O[C@]34OC(=O)[C@@](C)(O)[C@]24C)[C@@]2(C)[C@@H](OC(C)=O)CC3C([C@@H](OC(C)=O)C[C@@]4(O)C[C@@H]5O[C@@H]5[C@H](O)[C@]34C)[C@H]12. The Morgan fingerprint density at radius 3 is 2.15 bits per heavy atom. The Kier molecular flexibility index (Phi) is 6.16. The van der Waals surface area contributed by atoms with Gasteiger partial charge in [0.25, 0.3) is 0 Å². The van der Waals surface area contributed by atoms with Crippen molar-refractivity contribution in [1.29, 1.82) is 0 Å². The van der Waals surface area contributed by atoms with Gasteiger partial charge in [-0.25, -0.2) is 4.79 Å². The molecule has 8 fully saturated rings. The third-order valence-corrected chi connectivity index (χ3v) is 15.0. The van der Waals surface area contributed by atoms with Gasteiger partial charge in [-0.1, -0.05) is 20.8 Å². The van der Waals surface area contributed by atoms with Gasteiger partial charge in [0.2, 0.25) is 5.79 Å². The van der Waals surface area contributed by atoms with E-state index < -0.39 is 123 Å². The molecule has 3 saturated heterocycles. The highest BCUT2D eigenvalue weighted by molar-refractivity contribution is 5.84. The zero-order chi connectivity index (χ0) is 34.2. The van der Waals surface area contributed by atoms with Gasteiger partial charge in [-0.15, -0.1) is 0 Å². The number of hydrogen-bond donors (Lipinski definition) is 3. The summed E-state index contributed by atoms with van der Waals surface area (Å²) in [5.74, 6) is -7.25. The predicted octanol–water partition coefficient (Wildman–Crippen LogP) is 1.02. The van der Waals surface area contributed by atoms with Crippen LogP contribution in [-0.4, -0.2) is 98.9 Å². The second-order valence-corrected chi connectivity index (χ2v) is 16.7. The third-order valence-electron chi connectivity index (χ3n) is 15.0. The number of fused-ring (bicyclic) bond motifs is 9. The minimum Gasteiger partial charge on any atom is -0.462 e. The van der Waals surface area contributed by atoms with Gasteiger partial charge in [0.05, 0.1) is 23.2 Å². The Hall–Kier alpha value is -2.32. The number of hydrogen-bond acceptors (Lipinski definition) is 13. The fraction of sp³-hybridized carbons (Fsp3) is 0.882. The van der Waals surface area contributed by atoms with Crippen molar-refractivity contribution in [2.24, 2.45) is 51.8 Å². The van der Waals surface area contributed by atoms with Gasteiger partial charge >= 0.3 is 23.9 Å². The molecule has 13 nitrogen and oxygen atoms in total. The maximum atomic E-state index is 13.4. The van der Waals surface area contributed by atoms with E-state index >= 15 is 0 Å². The summed E-state index contributed by atoms with van der Waals surface area (Å²) in [5, 5.41) is 36.3. The summed E-state index contributed by atoms with van der Waals surface area (Å²) >= 11 is 0. The first kappa shape index (κ1) is 31.9. The molecule has 0 aromatic heterocycles. The van der Waals surface area contributed by atoms with Crippen molar-refractivity contribution in [1.82, 2.24) is 0 Å². The van der Waals surface area contributed by atoms with Crippen molar-refractivity contribution in [2.45, 2.75) is 134 Å². The fourth-order valence-electron chi connectivity index (χ4n) is 13.0. The smallest absolute Gasteiger partial charge is 0.341 e. The Morgan fingerprint density at radius 1 is 0.894 bits per heavy atom. The summed E-state index contributed by atoms with van der Waals surface area (Å²) in [6.45, 7) is 12.9. The van der Waals surface area contributed by atoms with Crippen LogP contribution in [-0.2, 0) is 47.6 Å². The Bertz CT molecular complexity index is 1480. The van der Waals surface area contributed by atoms with Crippen LogP contribution in [0.1, 0.15) is 74.7 Å². The number of ether oxygens (including phenoxy) is 6. The van der Waals surface area contributed by atoms with E-state index in [1.807, 2.05) is 20.8 Å². The molecular weight excluding hydrogens is 616 g/mol. The molecule has 8 aliphatic rings. The molecule has 3 aliphatic heterocycles. The van der Waals surface area contributed by atoms with E-state index in [0.29, 0.717) is 0 Å². The Morgan fingerprint density at radius 2 is 1.53 bits per heavy atom. The average molecular weight is 663 g/mol. The van der Waals surface area contributed by atoms with E-state index in [1.165, 1.54) is 27.7 Å². The second kappa shape index (κ2) is 9.07. The summed E-state index contributed by atoms with van der Waals surface area (Å²) in [6, 6.07) is 0. The van der Waals surface area contributed by atoms with Gasteiger partial charge in [-0.05, 0) is 38.0 Å². The molecule has 19 atom stereocenters.